The molecule has 1 atom stereocenters. The molecule has 5 heteroatoms. The van der Waals surface area contributed by atoms with E-state index in [0.29, 0.717) is 17.0 Å². The Kier molecular flexibility index (Phi) is 5.52. The highest BCUT2D eigenvalue weighted by Gasteiger charge is 2.48. The molecule has 4 rings (SSSR count). The normalized spacial score (nSPS) is 18.2. The van der Waals surface area contributed by atoms with Crippen molar-refractivity contribution < 1.29 is 19.1 Å². The predicted octanol–water partition coefficient (Wildman–Crippen LogP) is 6.13. The summed E-state index contributed by atoms with van der Waals surface area (Å²) >= 11 is 0. The Bertz CT molecular complexity index is 1260. The molecule has 1 fully saturated rings. The number of amides is 1. The van der Waals surface area contributed by atoms with Gasteiger partial charge < -0.3 is 9.52 Å². The van der Waals surface area contributed by atoms with E-state index in [1.807, 2.05) is 57.2 Å². The molecule has 0 radical (unpaired) electrons. The molecular weight excluding hydrogens is 414 g/mol. The van der Waals surface area contributed by atoms with Crippen LogP contribution in [-0.2, 0) is 15.0 Å². The lowest BCUT2D eigenvalue weighted by Crippen LogP contribution is -2.29. The van der Waals surface area contributed by atoms with E-state index in [0.717, 1.165) is 22.3 Å². The number of aliphatic hydroxyl groups excluding tert-OH is 1. The Hall–Kier alpha value is -3.60. The maximum absolute atomic E-state index is 13.3. The molecule has 2 aromatic carbocycles. The molecule has 5 nitrogen and oxygen atoms in total. The Morgan fingerprint density at radius 3 is 2.21 bits per heavy atom. The zero-order chi connectivity index (χ0) is 24.1. The Morgan fingerprint density at radius 1 is 0.970 bits per heavy atom. The van der Waals surface area contributed by atoms with E-state index in [-0.39, 0.29) is 16.7 Å². The van der Waals surface area contributed by atoms with Crippen LogP contribution >= 0.6 is 0 Å². The fraction of sp³-hybridized carbons (Fsp3) is 0.286. The van der Waals surface area contributed by atoms with E-state index in [1.54, 1.807) is 12.1 Å². The molecule has 0 spiro atoms. The largest absolute Gasteiger partial charge is 0.507 e. The van der Waals surface area contributed by atoms with Gasteiger partial charge in [0.15, 0.2) is 0 Å². The monoisotopic (exact) mass is 443 g/mol. The van der Waals surface area contributed by atoms with Crippen LogP contribution in [0.4, 0.5) is 5.69 Å². The molecule has 0 saturated carbocycles. The summed E-state index contributed by atoms with van der Waals surface area (Å²) in [7, 11) is 0. The summed E-state index contributed by atoms with van der Waals surface area (Å²) in [6.45, 7) is 12.0. The topological polar surface area (TPSA) is 70.8 Å². The molecule has 1 aliphatic heterocycles. The number of furan rings is 1. The first-order chi connectivity index (χ1) is 15.5. The van der Waals surface area contributed by atoms with Gasteiger partial charge in [0.2, 0.25) is 0 Å². The van der Waals surface area contributed by atoms with Crippen LogP contribution in [0.25, 0.3) is 5.76 Å². The molecular formula is C28H29NO4. The third kappa shape index (κ3) is 3.99. The molecule has 3 aromatic rings. The van der Waals surface area contributed by atoms with Crippen molar-refractivity contribution in [2.45, 2.75) is 53.0 Å². The van der Waals surface area contributed by atoms with Gasteiger partial charge in [0, 0.05) is 11.3 Å². The lowest BCUT2D eigenvalue weighted by Gasteiger charge is -2.25. The number of aliphatic hydroxyl groups is 1. The molecule has 170 valence electrons. The van der Waals surface area contributed by atoms with Gasteiger partial charge in [0.05, 0.1) is 11.8 Å². The molecule has 1 unspecified atom stereocenters. The van der Waals surface area contributed by atoms with Gasteiger partial charge in [0.25, 0.3) is 11.7 Å². The van der Waals surface area contributed by atoms with Gasteiger partial charge in [-0.05, 0) is 78.8 Å². The highest BCUT2D eigenvalue weighted by Crippen LogP contribution is 2.43. The van der Waals surface area contributed by atoms with Crippen LogP contribution in [0, 0.1) is 20.8 Å². The van der Waals surface area contributed by atoms with Crippen molar-refractivity contribution in [1.29, 1.82) is 0 Å². The smallest absolute Gasteiger partial charge is 0.300 e. The van der Waals surface area contributed by atoms with E-state index in [1.165, 1.54) is 11.2 Å². The second-order valence-electron chi connectivity index (χ2n) is 9.81. The van der Waals surface area contributed by atoms with E-state index >= 15 is 0 Å². The molecule has 0 aliphatic carbocycles. The summed E-state index contributed by atoms with van der Waals surface area (Å²) in [5, 5.41) is 11.5. The first-order valence-electron chi connectivity index (χ1n) is 11.0. The predicted molar refractivity (Wildman–Crippen MR) is 129 cm³/mol. The Morgan fingerprint density at radius 2 is 1.64 bits per heavy atom. The molecule has 1 N–H and O–H groups in total. The molecule has 1 amide bonds. The van der Waals surface area contributed by atoms with Gasteiger partial charge in [-0.1, -0.05) is 39.0 Å². The molecule has 2 heterocycles. The quantitative estimate of drug-likeness (QED) is 0.300. The van der Waals surface area contributed by atoms with Crippen LogP contribution in [0.1, 0.15) is 60.4 Å². The van der Waals surface area contributed by atoms with Crippen LogP contribution in [0.3, 0.4) is 0 Å². The van der Waals surface area contributed by atoms with E-state index < -0.39 is 17.7 Å². The van der Waals surface area contributed by atoms with Crippen molar-refractivity contribution in [2.24, 2.45) is 0 Å². The second kappa shape index (κ2) is 8.07. The van der Waals surface area contributed by atoms with E-state index in [9.17, 15) is 14.7 Å². The number of aryl methyl sites for hydroxylation is 3. The zero-order valence-electron chi connectivity index (χ0n) is 19.9. The van der Waals surface area contributed by atoms with Gasteiger partial charge >= 0.3 is 0 Å². The summed E-state index contributed by atoms with van der Waals surface area (Å²) in [4.78, 5) is 28.0. The Labute approximate surface area is 194 Å². The first kappa shape index (κ1) is 22.6. The maximum Gasteiger partial charge on any atom is 0.300 e. The number of benzene rings is 2. The van der Waals surface area contributed by atoms with Crippen molar-refractivity contribution in [3.63, 3.8) is 0 Å². The standard InChI is InChI=1S/C28H29NO4/c1-16-12-17(2)14-20(13-16)29-24(22-8-7-11-33-22)23(26(31)27(29)32)25(30)21-15-19(28(4,5)6)10-9-18(21)3/h7-15,24,30H,1-6H3/b25-23+. The summed E-state index contributed by atoms with van der Waals surface area (Å²) in [5.74, 6) is -1.19. The van der Waals surface area contributed by atoms with Gasteiger partial charge in [-0.2, -0.15) is 0 Å². The van der Waals surface area contributed by atoms with Gasteiger partial charge in [0.1, 0.15) is 17.6 Å². The van der Waals surface area contributed by atoms with Gasteiger partial charge in [-0.15, -0.1) is 0 Å². The van der Waals surface area contributed by atoms with Crippen LogP contribution in [0.5, 0.6) is 0 Å². The minimum atomic E-state index is -0.862. The number of carbonyl (C=O) groups is 2. The number of nitrogens with zero attached hydrogens (tertiary/aromatic N) is 1. The number of hydrogen-bond donors (Lipinski definition) is 1. The average molecular weight is 444 g/mol. The Balaban J connectivity index is 1.97. The van der Waals surface area contributed by atoms with Crippen LogP contribution in [0.15, 0.2) is 64.8 Å². The number of ketones is 1. The summed E-state index contributed by atoms with van der Waals surface area (Å²) in [6, 6.07) is 14.1. The van der Waals surface area contributed by atoms with E-state index in [2.05, 4.69) is 20.8 Å². The minimum absolute atomic E-state index is 0.0308. The van der Waals surface area contributed by atoms with Crippen LogP contribution in [-0.4, -0.2) is 16.8 Å². The zero-order valence-corrected chi connectivity index (χ0v) is 19.9. The summed E-state index contributed by atoms with van der Waals surface area (Å²) in [5.41, 5.74) is 4.80. The number of hydrogen-bond acceptors (Lipinski definition) is 4. The van der Waals surface area contributed by atoms with Crippen LogP contribution in [0.2, 0.25) is 0 Å². The molecule has 1 aliphatic rings. The maximum atomic E-state index is 13.3. The van der Waals surface area contributed by atoms with Crippen molar-refractivity contribution in [3.8, 4) is 0 Å². The molecule has 1 aromatic heterocycles. The van der Waals surface area contributed by atoms with Crippen molar-refractivity contribution >= 4 is 23.1 Å². The lowest BCUT2D eigenvalue weighted by molar-refractivity contribution is -0.132. The number of Topliss-reactive ketones (excluding diaryl/α,β-unsaturated/α-hetero) is 1. The minimum Gasteiger partial charge on any atom is -0.507 e. The fourth-order valence-electron chi connectivity index (χ4n) is 4.39. The van der Waals surface area contributed by atoms with Crippen LogP contribution < -0.4 is 4.90 Å². The highest BCUT2D eigenvalue weighted by atomic mass is 16.3. The third-order valence-corrected chi connectivity index (χ3v) is 6.10. The summed E-state index contributed by atoms with van der Waals surface area (Å²) < 4.78 is 5.66. The second-order valence-corrected chi connectivity index (χ2v) is 9.81. The molecule has 1 saturated heterocycles. The number of rotatable bonds is 3. The molecule has 0 bridgehead atoms. The van der Waals surface area contributed by atoms with E-state index in [4.69, 9.17) is 4.42 Å². The lowest BCUT2D eigenvalue weighted by atomic mass is 9.84. The number of anilines is 1. The van der Waals surface area contributed by atoms with Crippen molar-refractivity contribution in [1.82, 2.24) is 0 Å². The summed E-state index contributed by atoms with van der Waals surface area (Å²) in [6.07, 6.45) is 1.50. The number of carbonyl (C=O) groups excluding carboxylic acids is 2. The third-order valence-electron chi connectivity index (χ3n) is 6.10. The highest BCUT2D eigenvalue weighted by molar-refractivity contribution is 6.51. The SMILES string of the molecule is Cc1cc(C)cc(N2C(=O)C(=O)/C(=C(/O)c3cc(C(C)(C)C)ccc3C)C2c2ccco2)c1. The van der Waals surface area contributed by atoms with Gasteiger partial charge in [-0.25, -0.2) is 0 Å². The average Bonchev–Trinajstić information content (AvgIpc) is 3.33. The van der Waals surface area contributed by atoms with Crippen molar-refractivity contribution in [3.05, 3.63) is 93.9 Å². The fourth-order valence-corrected chi connectivity index (χ4v) is 4.39. The first-order valence-corrected chi connectivity index (χ1v) is 11.0. The molecule has 33 heavy (non-hydrogen) atoms. The van der Waals surface area contributed by atoms with Gasteiger partial charge in [-0.3, -0.25) is 14.5 Å². The van der Waals surface area contributed by atoms with Crippen molar-refractivity contribution in [2.75, 3.05) is 4.90 Å².